The first-order valence-electron chi connectivity index (χ1n) is 9.93. The Labute approximate surface area is 181 Å². The zero-order chi connectivity index (χ0) is 21.6. The monoisotopic (exact) mass is 424 g/mol. The molecule has 0 fully saturated rings. The van der Waals surface area contributed by atoms with Crippen LogP contribution in [-0.2, 0) is 10.2 Å². The number of nitrogens with one attached hydrogen (secondary N) is 2. The standard InChI is InChI=1S/C23H28N4O2S/c1-16-5-7-17(8-6-16)21-25-22(27-26-21)30-15-20(28)24-13-14-29-19-11-9-18(10-12-19)23(2,3)4/h5-12H,13-15H2,1-4H3,(H,24,28)(H,25,26,27). The lowest BCUT2D eigenvalue weighted by molar-refractivity contribution is -0.118. The molecule has 1 amide bonds. The van der Waals surface area contributed by atoms with Gasteiger partial charge in [-0.25, -0.2) is 4.98 Å². The molecule has 0 bridgehead atoms. The summed E-state index contributed by atoms with van der Waals surface area (Å²) in [6, 6.07) is 16.1. The molecule has 0 spiro atoms. The fourth-order valence-electron chi connectivity index (χ4n) is 2.74. The van der Waals surface area contributed by atoms with Crippen LogP contribution in [0.3, 0.4) is 0 Å². The molecule has 2 aromatic carbocycles. The van der Waals surface area contributed by atoms with E-state index in [0.29, 0.717) is 24.1 Å². The van der Waals surface area contributed by atoms with Gasteiger partial charge in [0.25, 0.3) is 0 Å². The second kappa shape index (κ2) is 9.80. The second-order valence-corrected chi connectivity index (χ2v) is 9.04. The van der Waals surface area contributed by atoms with Gasteiger partial charge in [0.2, 0.25) is 11.1 Å². The largest absolute Gasteiger partial charge is 0.492 e. The number of carbonyl (C=O) groups is 1. The maximum absolute atomic E-state index is 12.0. The third-order valence-electron chi connectivity index (χ3n) is 4.54. The van der Waals surface area contributed by atoms with Gasteiger partial charge in [-0.1, -0.05) is 74.5 Å². The van der Waals surface area contributed by atoms with E-state index in [1.807, 2.05) is 43.3 Å². The molecular formula is C23H28N4O2S. The predicted molar refractivity (Wildman–Crippen MR) is 121 cm³/mol. The highest BCUT2D eigenvalue weighted by Crippen LogP contribution is 2.24. The molecular weight excluding hydrogens is 396 g/mol. The SMILES string of the molecule is Cc1ccc(-c2nc(SCC(=O)NCCOc3ccc(C(C)(C)C)cc3)n[nH]2)cc1. The van der Waals surface area contributed by atoms with Crippen molar-refractivity contribution < 1.29 is 9.53 Å². The van der Waals surface area contributed by atoms with E-state index in [0.717, 1.165) is 11.3 Å². The van der Waals surface area contributed by atoms with E-state index in [4.69, 9.17) is 4.74 Å². The number of hydrogen-bond acceptors (Lipinski definition) is 5. The summed E-state index contributed by atoms with van der Waals surface area (Å²) in [5.74, 6) is 1.68. The number of hydrogen-bond donors (Lipinski definition) is 2. The molecule has 7 heteroatoms. The van der Waals surface area contributed by atoms with Crippen LogP contribution in [0, 0.1) is 6.92 Å². The molecule has 30 heavy (non-hydrogen) atoms. The van der Waals surface area contributed by atoms with Crippen molar-refractivity contribution in [2.24, 2.45) is 0 Å². The molecule has 0 saturated carbocycles. The topological polar surface area (TPSA) is 79.9 Å². The minimum absolute atomic E-state index is 0.0756. The third-order valence-corrected chi connectivity index (χ3v) is 5.38. The van der Waals surface area contributed by atoms with Crippen LogP contribution in [0.25, 0.3) is 11.4 Å². The van der Waals surface area contributed by atoms with E-state index in [1.165, 1.54) is 22.9 Å². The fraction of sp³-hybridized carbons (Fsp3) is 0.348. The highest BCUT2D eigenvalue weighted by atomic mass is 32.2. The molecule has 0 atom stereocenters. The van der Waals surface area contributed by atoms with E-state index < -0.39 is 0 Å². The summed E-state index contributed by atoms with van der Waals surface area (Å²) in [4.78, 5) is 16.5. The van der Waals surface area contributed by atoms with Gasteiger partial charge < -0.3 is 10.1 Å². The van der Waals surface area contributed by atoms with E-state index in [1.54, 1.807) is 0 Å². The minimum Gasteiger partial charge on any atom is -0.492 e. The summed E-state index contributed by atoms with van der Waals surface area (Å²) in [7, 11) is 0. The second-order valence-electron chi connectivity index (χ2n) is 8.09. The van der Waals surface area contributed by atoms with Gasteiger partial charge in [-0.2, -0.15) is 0 Å². The zero-order valence-electron chi connectivity index (χ0n) is 17.9. The quantitative estimate of drug-likeness (QED) is 0.415. The van der Waals surface area contributed by atoms with Gasteiger partial charge in [-0.3, -0.25) is 9.89 Å². The van der Waals surface area contributed by atoms with Crippen LogP contribution >= 0.6 is 11.8 Å². The Morgan fingerprint density at radius 1 is 1.10 bits per heavy atom. The highest BCUT2D eigenvalue weighted by Gasteiger charge is 2.13. The molecule has 0 radical (unpaired) electrons. The fourth-order valence-corrected chi connectivity index (χ4v) is 3.37. The lowest BCUT2D eigenvalue weighted by Gasteiger charge is -2.19. The maximum Gasteiger partial charge on any atom is 0.230 e. The van der Waals surface area contributed by atoms with Crippen molar-refractivity contribution in [3.63, 3.8) is 0 Å². The number of aromatic amines is 1. The normalized spacial score (nSPS) is 11.3. The van der Waals surface area contributed by atoms with Crippen molar-refractivity contribution in [2.45, 2.75) is 38.3 Å². The van der Waals surface area contributed by atoms with Crippen molar-refractivity contribution in [3.8, 4) is 17.1 Å². The Hall–Kier alpha value is -2.80. The predicted octanol–water partition coefficient (Wildman–Crippen LogP) is 4.36. The van der Waals surface area contributed by atoms with Crippen molar-refractivity contribution in [2.75, 3.05) is 18.9 Å². The summed E-state index contributed by atoms with van der Waals surface area (Å²) in [6.07, 6.45) is 0. The number of aromatic nitrogens is 3. The number of thioether (sulfide) groups is 1. The van der Waals surface area contributed by atoms with Crippen LogP contribution in [0.5, 0.6) is 5.75 Å². The highest BCUT2D eigenvalue weighted by molar-refractivity contribution is 7.99. The van der Waals surface area contributed by atoms with Crippen LogP contribution in [-0.4, -0.2) is 40.0 Å². The van der Waals surface area contributed by atoms with E-state index >= 15 is 0 Å². The van der Waals surface area contributed by atoms with Gasteiger partial charge in [0.05, 0.1) is 12.3 Å². The number of ether oxygens (including phenoxy) is 1. The minimum atomic E-state index is -0.0756. The molecule has 1 heterocycles. The van der Waals surface area contributed by atoms with Crippen molar-refractivity contribution in [1.82, 2.24) is 20.5 Å². The number of H-pyrrole nitrogens is 1. The smallest absolute Gasteiger partial charge is 0.230 e. The summed E-state index contributed by atoms with van der Waals surface area (Å²) >= 11 is 1.30. The van der Waals surface area contributed by atoms with E-state index in [-0.39, 0.29) is 17.1 Å². The number of benzene rings is 2. The Morgan fingerprint density at radius 2 is 1.80 bits per heavy atom. The first kappa shape index (κ1) is 21.9. The lowest BCUT2D eigenvalue weighted by atomic mass is 9.87. The average Bonchev–Trinajstić information content (AvgIpc) is 3.19. The molecule has 0 unspecified atom stereocenters. The van der Waals surface area contributed by atoms with E-state index in [2.05, 4.69) is 53.4 Å². The maximum atomic E-state index is 12.0. The molecule has 3 aromatic rings. The van der Waals surface area contributed by atoms with Gasteiger partial charge in [0.15, 0.2) is 5.82 Å². The van der Waals surface area contributed by atoms with Crippen molar-refractivity contribution in [1.29, 1.82) is 0 Å². The van der Waals surface area contributed by atoms with Crippen LogP contribution in [0.15, 0.2) is 53.7 Å². The molecule has 158 valence electrons. The summed E-state index contributed by atoms with van der Waals surface area (Å²) in [5, 5.41) is 10.5. The number of amides is 1. The molecule has 6 nitrogen and oxygen atoms in total. The Kier molecular flexibility index (Phi) is 7.15. The summed E-state index contributed by atoms with van der Waals surface area (Å²) in [5.41, 5.74) is 3.54. The van der Waals surface area contributed by atoms with Gasteiger partial charge in [0.1, 0.15) is 12.4 Å². The Bertz CT molecular complexity index is 960. The van der Waals surface area contributed by atoms with Crippen LogP contribution in [0.1, 0.15) is 31.9 Å². The van der Waals surface area contributed by atoms with Crippen LogP contribution in [0.2, 0.25) is 0 Å². The first-order valence-corrected chi connectivity index (χ1v) is 10.9. The lowest BCUT2D eigenvalue weighted by Crippen LogP contribution is -2.29. The third kappa shape index (κ3) is 6.35. The van der Waals surface area contributed by atoms with Crippen LogP contribution in [0.4, 0.5) is 0 Å². The number of aryl methyl sites for hydroxylation is 1. The zero-order valence-corrected chi connectivity index (χ0v) is 18.7. The number of rotatable bonds is 8. The molecule has 3 rings (SSSR count). The number of nitrogens with zero attached hydrogens (tertiary/aromatic N) is 2. The molecule has 1 aromatic heterocycles. The van der Waals surface area contributed by atoms with Crippen LogP contribution < -0.4 is 10.1 Å². The number of carbonyl (C=O) groups excluding carboxylic acids is 1. The summed E-state index contributed by atoms with van der Waals surface area (Å²) in [6.45, 7) is 9.44. The van der Waals surface area contributed by atoms with Crippen molar-refractivity contribution >= 4 is 17.7 Å². The molecule has 0 aliphatic heterocycles. The summed E-state index contributed by atoms with van der Waals surface area (Å²) < 4.78 is 5.70. The Morgan fingerprint density at radius 3 is 2.47 bits per heavy atom. The van der Waals surface area contributed by atoms with E-state index in [9.17, 15) is 4.79 Å². The molecule has 0 aliphatic carbocycles. The molecule has 0 aliphatic rings. The van der Waals surface area contributed by atoms with Gasteiger partial charge in [0, 0.05) is 5.56 Å². The first-order chi connectivity index (χ1) is 14.3. The van der Waals surface area contributed by atoms with Gasteiger partial charge >= 0.3 is 0 Å². The van der Waals surface area contributed by atoms with Gasteiger partial charge in [-0.05, 0) is 30.0 Å². The van der Waals surface area contributed by atoms with Gasteiger partial charge in [-0.15, -0.1) is 5.10 Å². The Balaban J connectivity index is 1.37. The molecule has 0 saturated heterocycles. The average molecular weight is 425 g/mol. The molecule has 2 N–H and O–H groups in total. The van der Waals surface area contributed by atoms with Crippen molar-refractivity contribution in [3.05, 3.63) is 59.7 Å².